The molecule has 2 aromatic rings. The van der Waals surface area contributed by atoms with Crippen LogP contribution in [0.25, 0.3) is 11.0 Å². The molecular formula is C11H10N4O5. The van der Waals surface area contributed by atoms with Gasteiger partial charge in [-0.3, -0.25) is 0 Å². The van der Waals surface area contributed by atoms with Crippen LogP contribution in [0.5, 0.6) is 5.75 Å². The number of primary amides is 2. The number of urea groups is 2. The molecule has 4 amide bonds. The van der Waals surface area contributed by atoms with E-state index in [-0.39, 0.29) is 11.0 Å². The van der Waals surface area contributed by atoms with E-state index in [0.29, 0.717) is 5.01 Å². The number of aromatic hydroxyl groups is 1. The Balaban J connectivity index is 2.72. The largest absolute Gasteiger partial charge is 0.505 e. The van der Waals surface area contributed by atoms with Crippen LogP contribution >= 0.6 is 0 Å². The maximum atomic E-state index is 11.8. The first-order valence-corrected chi connectivity index (χ1v) is 5.32. The third kappa shape index (κ3) is 2.19. The van der Waals surface area contributed by atoms with Gasteiger partial charge in [-0.05, 0) is 12.1 Å². The van der Waals surface area contributed by atoms with E-state index < -0.39 is 29.1 Å². The molecule has 0 aliphatic carbocycles. The average molecular weight is 278 g/mol. The van der Waals surface area contributed by atoms with Crippen LogP contribution < -0.4 is 27.5 Å². The van der Waals surface area contributed by atoms with Crippen LogP contribution in [0, 0.1) is 0 Å². The maximum Gasteiger partial charge on any atom is 0.366 e. The standard InChI is InChI=1S/C11H10N4O5/c12-10(18)14-15(11(13)19)7-8(16)5-3-1-2-4-6(5)20-9(7)17/h1-4,16H,(H2,13,19)(H3,12,14,18). The number of fused-ring (bicyclic) bond motifs is 1. The van der Waals surface area contributed by atoms with Crippen LogP contribution in [-0.2, 0) is 0 Å². The number of hydrogen-bond acceptors (Lipinski definition) is 5. The van der Waals surface area contributed by atoms with Gasteiger partial charge in [-0.25, -0.2) is 19.8 Å². The molecule has 20 heavy (non-hydrogen) atoms. The minimum absolute atomic E-state index is 0.113. The highest BCUT2D eigenvalue weighted by Gasteiger charge is 2.24. The summed E-state index contributed by atoms with van der Waals surface area (Å²) >= 11 is 0. The maximum absolute atomic E-state index is 11.8. The van der Waals surface area contributed by atoms with Crippen molar-refractivity contribution in [2.45, 2.75) is 0 Å². The lowest BCUT2D eigenvalue weighted by molar-refractivity contribution is 0.239. The second-order valence-electron chi connectivity index (χ2n) is 3.73. The summed E-state index contributed by atoms with van der Waals surface area (Å²) in [4.78, 5) is 33.9. The Morgan fingerprint density at radius 3 is 2.50 bits per heavy atom. The average Bonchev–Trinajstić information content (AvgIpc) is 2.37. The lowest BCUT2D eigenvalue weighted by atomic mass is 10.2. The summed E-state index contributed by atoms with van der Waals surface area (Å²) in [6.07, 6.45) is 0. The fourth-order valence-corrected chi connectivity index (χ4v) is 1.65. The van der Waals surface area contributed by atoms with Crippen LogP contribution in [-0.4, -0.2) is 17.2 Å². The fraction of sp³-hybridized carbons (Fsp3) is 0. The molecule has 9 nitrogen and oxygen atoms in total. The highest BCUT2D eigenvalue weighted by Crippen LogP contribution is 2.31. The number of anilines is 1. The number of carbonyl (C=O) groups is 2. The number of benzene rings is 1. The Labute approximate surface area is 111 Å². The molecule has 0 aliphatic heterocycles. The number of hydrazine groups is 1. The second kappa shape index (κ2) is 4.80. The Kier molecular flexibility index (Phi) is 3.17. The summed E-state index contributed by atoms with van der Waals surface area (Å²) in [6.45, 7) is 0. The summed E-state index contributed by atoms with van der Waals surface area (Å²) < 4.78 is 4.93. The van der Waals surface area contributed by atoms with E-state index >= 15 is 0 Å². The van der Waals surface area contributed by atoms with Gasteiger partial charge in [0.05, 0.1) is 5.39 Å². The molecule has 1 aromatic heterocycles. The van der Waals surface area contributed by atoms with Crippen molar-refractivity contribution in [3.05, 3.63) is 34.7 Å². The minimum atomic E-state index is -1.22. The van der Waals surface area contributed by atoms with Gasteiger partial charge in [0, 0.05) is 0 Å². The molecule has 1 aromatic carbocycles. The Bertz CT molecular complexity index is 754. The predicted octanol–water partition coefficient (Wildman–Crippen LogP) is -0.0330. The van der Waals surface area contributed by atoms with E-state index in [1.165, 1.54) is 12.1 Å². The number of nitrogens with two attached hydrogens (primary N) is 2. The molecule has 0 radical (unpaired) electrons. The number of nitrogens with one attached hydrogen (secondary N) is 1. The second-order valence-corrected chi connectivity index (χ2v) is 3.73. The van der Waals surface area contributed by atoms with E-state index in [1.54, 1.807) is 12.1 Å². The molecule has 0 saturated heterocycles. The molecule has 0 atom stereocenters. The van der Waals surface area contributed by atoms with Crippen molar-refractivity contribution < 1.29 is 19.1 Å². The van der Waals surface area contributed by atoms with Crippen molar-refractivity contribution in [2.24, 2.45) is 11.5 Å². The molecule has 0 fully saturated rings. The molecule has 104 valence electrons. The Hall–Kier alpha value is -3.23. The molecule has 0 aliphatic rings. The fourth-order valence-electron chi connectivity index (χ4n) is 1.65. The van der Waals surface area contributed by atoms with E-state index in [1.807, 2.05) is 5.43 Å². The van der Waals surface area contributed by atoms with Gasteiger partial charge in [-0.15, -0.1) is 0 Å². The van der Waals surface area contributed by atoms with Gasteiger partial charge in [-0.1, -0.05) is 12.1 Å². The number of rotatable bonds is 1. The number of nitrogens with zero attached hydrogens (tertiary/aromatic N) is 1. The monoisotopic (exact) mass is 278 g/mol. The zero-order valence-electron chi connectivity index (χ0n) is 9.99. The molecule has 9 heteroatoms. The lowest BCUT2D eigenvalue weighted by Crippen LogP contribution is -2.52. The topological polar surface area (TPSA) is 152 Å². The van der Waals surface area contributed by atoms with Gasteiger partial charge < -0.3 is 21.0 Å². The normalized spacial score (nSPS) is 10.2. The van der Waals surface area contributed by atoms with Gasteiger partial charge in [0.1, 0.15) is 5.58 Å². The molecule has 6 N–H and O–H groups in total. The van der Waals surface area contributed by atoms with Crippen molar-refractivity contribution in [2.75, 3.05) is 5.01 Å². The first-order chi connectivity index (χ1) is 9.41. The molecule has 0 saturated carbocycles. The molecule has 2 rings (SSSR count). The van der Waals surface area contributed by atoms with E-state index in [0.717, 1.165) is 0 Å². The van der Waals surface area contributed by atoms with Gasteiger partial charge in [0.15, 0.2) is 11.4 Å². The minimum Gasteiger partial charge on any atom is -0.505 e. The first kappa shape index (κ1) is 13.2. The van der Waals surface area contributed by atoms with Crippen molar-refractivity contribution in [3.8, 4) is 5.75 Å². The zero-order valence-corrected chi connectivity index (χ0v) is 9.99. The van der Waals surface area contributed by atoms with E-state index in [9.17, 15) is 19.5 Å². The molecule has 0 unspecified atom stereocenters. The van der Waals surface area contributed by atoms with Crippen molar-refractivity contribution in [1.82, 2.24) is 5.43 Å². The number of hydrogen-bond donors (Lipinski definition) is 4. The number of carbonyl (C=O) groups excluding carboxylic acids is 2. The van der Waals surface area contributed by atoms with E-state index in [4.69, 9.17) is 15.9 Å². The van der Waals surface area contributed by atoms with Gasteiger partial charge in [-0.2, -0.15) is 5.01 Å². The van der Waals surface area contributed by atoms with Gasteiger partial charge >= 0.3 is 17.7 Å². The van der Waals surface area contributed by atoms with Crippen molar-refractivity contribution in [1.29, 1.82) is 0 Å². The van der Waals surface area contributed by atoms with E-state index in [2.05, 4.69) is 0 Å². The lowest BCUT2D eigenvalue weighted by Gasteiger charge is -2.19. The molecule has 0 spiro atoms. The third-order valence-corrected chi connectivity index (χ3v) is 2.43. The SMILES string of the molecule is NC(=O)NN(C(N)=O)c1c(O)c2ccccc2oc1=O. The van der Waals surface area contributed by atoms with Crippen LogP contribution in [0.1, 0.15) is 0 Å². The Morgan fingerprint density at radius 2 is 1.90 bits per heavy atom. The van der Waals surface area contributed by atoms with Crippen molar-refractivity contribution in [3.63, 3.8) is 0 Å². The van der Waals surface area contributed by atoms with Crippen LogP contribution in [0.15, 0.2) is 33.5 Å². The molecular weight excluding hydrogens is 268 g/mol. The number of amides is 4. The highest BCUT2D eigenvalue weighted by atomic mass is 16.4. The summed E-state index contributed by atoms with van der Waals surface area (Å²) in [7, 11) is 0. The molecule has 1 heterocycles. The van der Waals surface area contributed by atoms with Crippen LogP contribution in [0.2, 0.25) is 0 Å². The van der Waals surface area contributed by atoms with Crippen LogP contribution in [0.4, 0.5) is 15.3 Å². The summed E-state index contributed by atoms with van der Waals surface area (Å²) in [5, 5.41) is 10.5. The number of para-hydroxylation sites is 1. The quantitative estimate of drug-likeness (QED) is 0.426. The zero-order chi connectivity index (χ0) is 14.9. The summed E-state index contributed by atoms with van der Waals surface area (Å²) in [5.41, 5.74) is 10.1. The third-order valence-electron chi connectivity index (χ3n) is 2.43. The predicted molar refractivity (Wildman–Crippen MR) is 68.9 cm³/mol. The Morgan fingerprint density at radius 1 is 1.25 bits per heavy atom. The first-order valence-electron chi connectivity index (χ1n) is 5.32. The summed E-state index contributed by atoms with van der Waals surface area (Å²) in [6, 6.07) is 3.73. The van der Waals surface area contributed by atoms with Gasteiger partial charge in [0.2, 0.25) is 0 Å². The molecule has 0 bridgehead atoms. The van der Waals surface area contributed by atoms with Gasteiger partial charge in [0.25, 0.3) is 0 Å². The summed E-state index contributed by atoms with van der Waals surface area (Å²) in [5.74, 6) is -0.565. The highest BCUT2D eigenvalue weighted by molar-refractivity contribution is 5.98. The van der Waals surface area contributed by atoms with Crippen molar-refractivity contribution >= 4 is 28.7 Å². The van der Waals surface area contributed by atoms with Crippen LogP contribution in [0.3, 0.4) is 0 Å². The smallest absolute Gasteiger partial charge is 0.366 e.